The average molecular weight is 263 g/mol. The number of hydrogen-bond donors (Lipinski definition) is 1. The number of benzene rings is 1. The summed E-state index contributed by atoms with van der Waals surface area (Å²) in [4.78, 5) is 0. The summed E-state index contributed by atoms with van der Waals surface area (Å²) in [6.07, 6.45) is 2.74. The smallest absolute Gasteiger partial charge is 0.119 e. The van der Waals surface area contributed by atoms with Crippen LogP contribution in [0, 0.1) is 0 Å². The maximum Gasteiger partial charge on any atom is 0.119 e. The maximum atomic E-state index is 5.58. The molecule has 0 aromatic heterocycles. The molecule has 0 saturated heterocycles. The molecule has 1 atom stereocenters. The first-order chi connectivity index (χ1) is 9.22. The SMILES string of the molecule is CCOc1ccc(C(C)NC2CC(OCC)C2)cc1. The molecule has 3 heteroatoms. The molecular formula is C16H25NO2. The zero-order chi connectivity index (χ0) is 13.7. The normalized spacial score (nSPS) is 23.7. The number of ether oxygens (including phenoxy) is 2. The Kier molecular flexibility index (Phi) is 5.23. The van der Waals surface area contributed by atoms with Crippen molar-refractivity contribution in [2.24, 2.45) is 0 Å². The van der Waals surface area contributed by atoms with Crippen molar-refractivity contribution in [3.05, 3.63) is 29.8 Å². The lowest BCUT2D eigenvalue weighted by Gasteiger charge is -2.37. The molecular weight excluding hydrogens is 238 g/mol. The second-order valence-electron chi connectivity index (χ2n) is 5.14. The van der Waals surface area contributed by atoms with E-state index in [-0.39, 0.29) is 0 Å². The predicted molar refractivity (Wildman–Crippen MR) is 77.6 cm³/mol. The largest absolute Gasteiger partial charge is 0.494 e. The van der Waals surface area contributed by atoms with Crippen LogP contribution >= 0.6 is 0 Å². The highest BCUT2D eigenvalue weighted by Crippen LogP contribution is 2.26. The van der Waals surface area contributed by atoms with Gasteiger partial charge < -0.3 is 14.8 Å². The van der Waals surface area contributed by atoms with Crippen molar-refractivity contribution in [1.82, 2.24) is 5.32 Å². The lowest BCUT2D eigenvalue weighted by Crippen LogP contribution is -2.46. The van der Waals surface area contributed by atoms with Crippen LogP contribution in [-0.2, 0) is 4.74 Å². The highest BCUT2D eigenvalue weighted by Gasteiger charge is 2.30. The first kappa shape index (κ1) is 14.4. The summed E-state index contributed by atoms with van der Waals surface area (Å²) in [5, 5.41) is 3.65. The van der Waals surface area contributed by atoms with Crippen LogP contribution in [0.25, 0.3) is 0 Å². The summed E-state index contributed by atoms with van der Waals surface area (Å²) in [5.41, 5.74) is 1.31. The van der Waals surface area contributed by atoms with E-state index >= 15 is 0 Å². The molecule has 1 N–H and O–H groups in total. The fourth-order valence-corrected chi connectivity index (χ4v) is 2.54. The number of hydrogen-bond acceptors (Lipinski definition) is 3. The van der Waals surface area contributed by atoms with Crippen molar-refractivity contribution in [2.45, 2.75) is 51.8 Å². The summed E-state index contributed by atoms with van der Waals surface area (Å²) >= 11 is 0. The van der Waals surface area contributed by atoms with Gasteiger partial charge in [0.1, 0.15) is 5.75 Å². The molecule has 1 saturated carbocycles. The monoisotopic (exact) mass is 263 g/mol. The van der Waals surface area contributed by atoms with E-state index in [1.54, 1.807) is 0 Å². The van der Waals surface area contributed by atoms with Crippen molar-refractivity contribution in [2.75, 3.05) is 13.2 Å². The summed E-state index contributed by atoms with van der Waals surface area (Å²) in [6, 6.07) is 9.34. The molecule has 1 aromatic rings. The third kappa shape index (κ3) is 3.95. The van der Waals surface area contributed by atoms with E-state index in [0.717, 1.165) is 25.2 Å². The van der Waals surface area contributed by atoms with Crippen molar-refractivity contribution >= 4 is 0 Å². The third-order valence-electron chi connectivity index (χ3n) is 3.67. The van der Waals surface area contributed by atoms with E-state index in [1.165, 1.54) is 5.56 Å². The van der Waals surface area contributed by atoms with E-state index < -0.39 is 0 Å². The molecule has 1 unspecified atom stereocenters. The second-order valence-corrected chi connectivity index (χ2v) is 5.14. The van der Waals surface area contributed by atoms with Crippen LogP contribution in [0.15, 0.2) is 24.3 Å². The Bertz CT molecular complexity index is 371. The standard InChI is InChI=1S/C16H25NO2/c1-4-18-15-8-6-13(7-9-15)12(3)17-14-10-16(11-14)19-5-2/h6-9,12,14,16-17H,4-5,10-11H2,1-3H3. The Morgan fingerprint density at radius 2 is 1.84 bits per heavy atom. The Labute approximate surface area is 116 Å². The fraction of sp³-hybridized carbons (Fsp3) is 0.625. The van der Waals surface area contributed by atoms with E-state index in [2.05, 4.69) is 31.3 Å². The minimum Gasteiger partial charge on any atom is -0.494 e. The molecule has 106 valence electrons. The molecule has 1 aliphatic carbocycles. The van der Waals surface area contributed by atoms with Gasteiger partial charge in [0, 0.05) is 18.7 Å². The van der Waals surface area contributed by atoms with Crippen LogP contribution in [0.4, 0.5) is 0 Å². The molecule has 3 nitrogen and oxygen atoms in total. The molecule has 2 rings (SSSR count). The zero-order valence-electron chi connectivity index (χ0n) is 12.2. The van der Waals surface area contributed by atoms with Crippen molar-refractivity contribution < 1.29 is 9.47 Å². The minimum atomic E-state index is 0.378. The topological polar surface area (TPSA) is 30.5 Å². The first-order valence-corrected chi connectivity index (χ1v) is 7.33. The van der Waals surface area contributed by atoms with Gasteiger partial charge in [-0.3, -0.25) is 0 Å². The molecule has 0 heterocycles. The van der Waals surface area contributed by atoms with Gasteiger partial charge in [-0.2, -0.15) is 0 Å². The van der Waals surface area contributed by atoms with Gasteiger partial charge in [-0.25, -0.2) is 0 Å². The fourth-order valence-electron chi connectivity index (χ4n) is 2.54. The number of rotatable bonds is 7. The highest BCUT2D eigenvalue weighted by atomic mass is 16.5. The summed E-state index contributed by atoms with van der Waals surface area (Å²) in [7, 11) is 0. The lowest BCUT2D eigenvalue weighted by atomic mass is 9.88. The molecule has 0 aliphatic heterocycles. The molecule has 19 heavy (non-hydrogen) atoms. The zero-order valence-corrected chi connectivity index (χ0v) is 12.2. The van der Waals surface area contributed by atoms with Crippen LogP contribution in [0.3, 0.4) is 0 Å². The second kappa shape index (κ2) is 6.92. The van der Waals surface area contributed by atoms with Gasteiger partial charge in [-0.05, 0) is 51.3 Å². The molecule has 1 fully saturated rings. The van der Waals surface area contributed by atoms with E-state index in [1.807, 2.05) is 19.1 Å². The predicted octanol–water partition coefficient (Wildman–Crippen LogP) is 3.30. The molecule has 0 amide bonds. The van der Waals surface area contributed by atoms with Gasteiger partial charge >= 0.3 is 0 Å². The van der Waals surface area contributed by atoms with Crippen LogP contribution in [0.5, 0.6) is 5.75 Å². The third-order valence-corrected chi connectivity index (χ3v) is 3.67. The van der Waals surface area contributed by atoms with Gasteiger partial charge in [-0.1, -0.05) is 12.1 Å². The first-order valence-electron chi connectivity index (χ1n) is 7.33. The van der Waals surface area contributed by atoms with Gasteiger partial charge in [0.25, 0.3) is 0 Å². The number of nitrogens with one attached hydrogen (secondary N) is 1. The van der Waals surface area contributed by atoms with Gasteiger partial charge in [0.05, 0.1) is 12.7 Å². The van der Waals surface area contributed by atoms with Gasteiger partial charge in [0.15, 0.2) is 0 Å². The molecule has 1 aliphatic rings. The molecule has 1 aromatic carbocycles. The van der Waals surface area contributed by atoms with Crippen LogP contribution in [-0.4, -0.2) is 25.4 Å². The average Bonchev–Trinajstić information content (AvgIpc) is 2.37. The lowest BCUT2D eigenvalue weighted by molar-refractivity contribution is -0.0120. The summed E-state index contributed by atoms with van der Waals surface area (Å²) in [5.74, 6) is 0.943. The van der Waals surface area contributed by atoms with Crippen LogP contribution in [0.2, 0.25) is 0 Å². The molecule has 0 bridgehead atoms. The van der Waals surface area contributed by atoms with Crippen molar-refractivity contribution in [3.63, 3.8) is 0 Å². The Hall–Kier alpha value is -1.06. The highest BCUT2D eigenvalue weighted by molar-refractivity contribution is 5.29. The van der Waals surface area contributed by atoms with E-state index in [4.69, 9.17) is 9.47 Å². The Morgan fingerprint density at radius 3 is 2.42 bits per heavy atom. The quantitative estimate of drug-likeness (QED) is 0.818. The van der Waals surface area contributed by atoms with Gasteiger partial charge in [-0.15, -0.1) is 0 Å². The summed E-state index contributed by atoms with van der Waals surface area (Å²) < 4.78 is 11.0. The molecule has 0 spiro atoms. The summed E-state index contributed by atoms with van der Waals surface area (Å²) in [6.45, 7) is 7.82. The maximum absolute atomic E-state index is 5.58. The Balaban J connectivity index is 1.78. The molecule has 0 radical (unpaired) electrons. The Morgan fingerprint density at radius 1 is 1.16 bits per heavy atom. The van der Waals surface area contributed by atoms with E-state index in [0.29, 0.717) is 24.8 Å². The van der Waals surface area contributed by atoms with Crippen LogP contribution < -0.4 is 10.1 Å². The van der Waals surface area contributed by atoms with Gasteiger partial charge in [0.2, 0.25) is 0 Å². The van der Waals surface area contributed by atoms with E-state index in [9.17, 15) is 0 Å². The van der Waals surface area contributed by atoms with Crippen molar-refractivity contribution in [3.8, 4) is 5.75 Å². The minimum absolute atomic E-state index is 0.378. The van der Waals surface area contributed by atoms with Crippen molar-refractivity contribution in [1.29, 1.82) is 0 Å². The van der Waals surface area contributed by atoms with Crippen LogP contribution in [0.1, 0.15) is 45.2 Å².